The topological polar surface area (TPSA) is 336 Å². The summed E-state index contributed by atoms with van der Waals surface area (Å²) in [6.07, 6.45) is -7.82. The highest BCUT2D eigenvalue weighted by molar-refractivity contribution is 7.47. The summed E-state index contributed by atoms with van der Waals surface area (Å²) in [7, 11) is -8.98. The summed E-state index contributed by atoms with van der Waals surface area (Å²) in [5.74, 6) is 0.142. The lowest BCUT2D eigenvalue weighted by molar-refractivity contribution is -0.0582. The average Bonchev–Trinajstić information content (AvgIpc) is 3.89. The number of aromatic amines is 1. The molecule has 0 amide bonds. The molecule has 0 bridgehead atoms. The summed E-state index contributed by atoms with van der Waals surface area (Å²) >= 11 is 0. The van der Waals surface area contributed by atoms with Gasteiger partial charge in [0.1, 0.15) is 43.0 Å². The third kappa shape index (κ3) is 7.79. The third-order valence-electron chi connectivity index (χ3n) is 8.62. The number of phosphoric ester groups is 2. The lowest BCUT2D eigenvalue weighted by Gasteiger charge is -2.26. The van der Waals surface area contributed by atoms with Crippen LogP contribution in [0.4, 0.5) is 11.8 Å². The summed E-state index contributed by atoms with van der Waals surface area (Å²) in [6, 6.07) is 9.52. The van der Waals surface area contributed by atoms with Crippen molar-refractivity contribution in [2.24, 2.45) is 0 Å². The number of hydrogen-bond donors (Lipinski definition) is 8. The van der Waals surface area contributed by atoms with Crippen LogP contribution in [0.1, 0.15) is 18.0 Å². The zero-order chi connectivity index (χ0) is 38.4. The Kier molecular flexibility index (Phi) is 10.6. The van der Waals surface area contributed by atoms with Crippen molar-refractivity contribution in [3.05, 3.63) is 65.2 Å². The van der Waals surface area contributed by atoms with Gasteiger partial charge in [0.05, 0.1) is 25.9 Å². The van der Waals surface area contributed by atoms with Gasteiger partial charge in [-0.2, -0.15) is 4.98 Å². The van der Waals surface area contributed by atoms with Gasteiger partial charge in [-0.15, -0.1) is 0 Å². The van der Waals surface area contributed by atoms with Crippen molar-refractivity contribution in [2.45, 2.75) is 55.6 Å². The normalized spacial score (nSPS) is 27.1. The summed E-state index contributed by atoms with van der Waals surface area (Å²) < 4.78 is 60.3. The predicted octanol–water partition coefficient (Wildman–Crippen LogP) is -0.703. The number of H-pyrrole nitrogens is 1. The monoisotopic (exact) mass is 796 g/mol. The molecule has 7 rings (SSSR count). The summed E-state index contributed by atoms with van der Waals surface area (Å²) in [5, 5.41) is 24.7. The lowest BCUT2D eigenvalue weighted by Crippen LogP contribution is -2.38. The van der Waals surface area contributed by atoms with Crippen LogP contribution in [0.15, 0.2) is 54.1 Å². The first-order chi connectivity index (χ1) is 25.7. The molecule has 2 fully saturated rings. The van der Waals surface area contributed by atoms with Crippen molar-refractivity contribution in [3.63, 3.8) is 0 Å². The number of ether oxygens (including phenoxy) is 3. The van der Waals surface area contributed by atoms with Crippen LogP contribution in [0.2, 0.25) is 0 Å². The van der Waals surface area contributed by atoms with Gasteiger partial charge in [0.25, 0.3) is 5.56 Å². The fourth-order valence-electron chi connectivity index (χ4n) is 6.14. The minimum Gasteiger partial charge on any atom is -0.387 e. The highest BCUT2D eigenvalue weighted by Gasteiger charge is 2.52. The Labute approximate surface area is 302 Å². The van der Waals surface area contributed by atoms with Crippen molar-refractivity contribution < 1.29 is 61.8 Å². The number of aromatic nitrogens is 8. The molecule has 0 saturated carbocycles. The molecule has 2 aliphatic heterocycles. The molecule has 9 atom stereocenters. The van der Waals surface area contributed by atoms with E-state index in [1.165, 1.54) is 24.3 Å². The molecule has 0 spiro atoms. The van der Waals surface area contributed by atoms with E-state index in [-0.39, 0.29) is 22.8 Å². The van der Waals surface area contributed by atoms with E-state index >= 15 is 0 Å². The van der Waals surface area contributed by atoms with Gasteiger partial charge in [0, 0.05) is 13.7 Å². The van der Waals surface area contributed by atoms with Gasteiger partial charge in [-0.05, 0) is 5.56 Å². The molecule has 2 aliphatic rings. The number of anilines is 2. The summed E-state index contributed by atoms with van der Waals surface area (Å²) in [5.41, 5.74) is 6.35. The number of fused-ring (bicyclic) bond motifs is 2. The minimum atomic E-state index is -5.16. The van der Waals surface area contributed by atoms with Crippen LogP contribution in [0.5, 0.6) is 0 Å². The van der Waals surface area contributed by atoms with E-state index in [0.717, 1.165) is 16.5 Å². The van der Waals surface area contributed by atoms with Gasteiger partial charge in [0.2, 0.25) is 5.95 Å². The number of aliphatic hydroxyl groups excluding tert-OH is 2. The SMILES string of the molecule is COC1C(OP(=O)(O)OC[C@H]2O[C@@H](n3cnc4c(=O)[nH]c(N)nc43)C(O)C2O)[C@@H](COP(=O)(O)O)O[C@H]1n1cnc2c(NCc3ccccc3)ncnc21. The number of nitrogens with zero attached hydrogens (tertiary/aromatic N) is 7. The largest absolute Gasteiger partial charge is 0.472 e. The number of nitrogens with two attached hydrogens (primary N) is 1. The Balaban J connectivity index is 1.08. The maximum absolute atomic E-state index is 13.4. The van der Waals surface area contributed by atoms with Gasteiger partial charge >= 0.3 is 15.6 Å². The minimum absolute atomic E-state index is 0.0630. The van der Waals surface area contributed by atoms with E-state index in [9.17, 15) is 38.8 Å². The van der Waals surface area contributed by atoms with Crippen LogP contribution >= 0.6 is 15.6 Å². The standard InChI is InChI=1S/C28H34N10O14P2/c1-47-21-20(52-54(45,46)49-8-14-18(39)19(40)26(50-14)38-12-34-17-24(38)35-28(29)36-25(17)41)15(9-48-53(42,43)44)51-27(21)37-11-33-16-22(31-10-32-23(16)37)30-7-13-5-3-2-4-6-13/h2-6,10-12,14-15,18-21,26-27,39-40H,7-9H2,1H3,(H,45,46)(H,30,31,32)(H2,42,43,44)(H3,29,35,36,41)/t14-,15-,18?,19?,20?,21?,26-,27-/m1/s1. The number of imidazole rings is 2. The lowest BCUT2D eigenvalue weighted by atomic mass is 10.1. The van der Waals surface area contributed by atoms with Gasteiger partial charge in [0.15, 0.2) is 40.6 Å². The highest BCUT2D eigenvalue weighted by Crippen LogP contribution is 2.50. The number of nitrogens with one attached hydrogen (secondary N) is 2. The predicted molar refractivity (Wildman–Crippen MR) is 181 cm³/mol. The van der Waals surface area contributed by atoms with E-state index in [1.807, 2.05) is 30.3 Å². The van der Waals surface area contributed by atoms with E-state index in [1.54, 1.807) is 0 Å². The molecule has 26 heteroatoms. The molecule has 1 aromatic carbocycles. The molecule has 290 valence electrons. The first-order valence-electron chi connectivity index (χ1n) is 16.0. The van der Waals surface area contributed by atoms with E-state index in [2.05, 4.69) is 39.7 Å². The van der Waals surface area contributed by atoms with Crippen molar-refractivity contribution >= 4 is 49.7 Å². The zero-order valence-corrected chi connectivity index (χ0v) is 29.7. The number of phosphoric acid groups is 2. The van der Waals surface area contributed by atoms with Crippen molar-refractivity contribution in [1.29, 1.82) is 0 Å². The number of methoxy groups -OCH3 is 1. The van der Waals surface area contributed by atoms with Crippen LogP contribution in [0, 0.1) is 0 Å². The van der Waals surface area contributed by atoms with Crippen LogP contribution < -0.4 is 16.6 Å². The number of hydrogen-bond acceptors (Lipinski definition) is 18. The van der Waals surface area contributed by atoms with Crippen molar-refractivity contribution in [2.75, 3.05) is 31.4 Å². The second-order valence-corrected chi connectivity index (χ2v) is 14.7. The Morgan fingerprint density at radius 1 is 0.889 bits per heavy atom. The molecule has 0 radical (unpaired) electrons. The Bertz CT molecular complexity index is 2270. The molecule has 5 aromatic rings. The maximum Gasteiger partial charge on any atom is 0.472 e. The smallest absolute Gasteiger partial charge is 0.387 e. The van der Waals surface area contributed by atoms with Gasteiger partial charge < -0.3 is 50.2 Å². The molecular formula is C28H34N10O14P2. The third-order valence-corrected chi connectivity index (χ3v) is 10.1. The van der Waals surface area contributed by atoms with Crippen molar-refractivity contribution in [1.82, 2.24) is 39.0 Å². The number of benzene rings is 1. The fraction of sp³-hybridized carbons (Fsp3) is 0.429. The quantitative estimate of drug-likeness (QED) is 0.0644. The second-order valence-electron chi connectivity index (χ2n) is 12.1. The van der Waals surface area contributed by atoms with E-state index in [4.69, 9.17) is 29.0 Å². The molecule has 6 heterocycles. The maximum atomic E-state index is 13.4. The zero-order valence-electron chi connectivity index (χ0n) is 27.9. The fourth-order valence-corrected chi connectivity index (χ4v) is 7.44. The van der Waals surface area contributed by atoms with Crippen LogP contribution in [0.25, 0.3) is 22.3 Å². The summed E-state index contributed by atoms with van der Waals surface area (Å²) in [6.45, 7) is -1.22. The van der Waals surface area contributed by atoms with Crippen molar-refractivity contribution in [3.8, 4) is 0 Å². The van der Waals surface area contributed by atoms with Gasteiger partial charge in [-0.25, -0.2) is 29.1 Å². The second kappa shape index (κ2) is 15.1. The van der Waals surface area contributed by atoms with Gasteiger partial charge in [-0.1, -0.05) is 30.3 Å². The molecule has 4 aromatic heterocycles. The first-order valence-corrected chi connectivity index (χ1v) is 19.0. The first kappa shape index (κ1) is 38.0. The highest BCUT2D eigenvalue weighted by atomic mass is 31.2. The summed E-state index contributed by atoms with van der Waals surface area (Å²) in [4.78, 5) is 65.1. The number of aliphatic hydroxyl groups is 2. The van der Waals surface area contributed by atoms with Crippen LogP contribution in [0.3, 0.4) is 0 Å². The molecule has 9 N–H and O–H groups in total. The average molecular weight is 797 g/mol. The van der Waals surface area contributed by atoms with Crippen LogP contribution in [-0.2, 0) is 43.5 Å². The Morgan fingerprint density at radius 2 is 1.57 bits per heavy atom. The molecule has 0 aliphatic carbocycles. The Morgan fingerprint density at radius 3 is 2.30 bits per heavy atom. The van der Waals surface area contributed by atoms with Crippen LogP contribution in [-0.4, -0.2) is 121 Å². The number of rotatable bonds is 14. The van der Waals surface area contributed by atoms with E-state index in [0.29, 0.717) is 17.9 Å². The molecule has 5 unspecified atom stereocenters. The molecule has 54 heavy (non-hydrogen) atoms. The Hall–Kier alpha value is -4.26. The molecule has 24 nitrogen and oxygen atoms in total. The molecule has 2 saturated heterocycles. The number of nitrogen functional groups attached to an aromatic ring is 1. The van der Waals surface area contributed by atoms with Gasteiger partial charge in [-0.3, -0.25) is 32.5 Å². The molecular weight excluding hydrogens is 762 g/mol. The van der Waals surface area contributed by atoms with E-state index < -0.39 is 83.5 Å².